The number of rotatable bonds is 4. The molecule has 1 aromatic carbocycles. The Hall–Kier alpha value is -2.01. The molecule has 0 aliphatic rings. The number of carbonyl (C=O) groups excluding carboxylic acids is 2. The molecule has 0 atom stereocenters. The van der Waals surface area contributed by atoms with Gasteiger partial charge in [-0.2, -0.15) is 0 Å². The van der Waals surface area contributed by atoms with E-state index in [0.717, 1.165) is 5.56 Å². The molecule has 0 saturated carbocycles. The van der Waals surface area contributed by atoms with Gasteiger partial charge in [-0.1, -0.05) is 17.7 Å². The van der Waals surface area contributed by atoms with Crippen LogP contribution in [0.4, 0.5) is 4.79 Å². The fraction of sp³-hybridized carbons (Fsp3) is 0.375. The van der Waals surface area contributed by atoms with E-state index in [9.17, 15) is 9.59 Å². The van der Waals surface area contributed by atoms with Crippen LogP contribution >= 0.6 is 11.6 Å². The second-order valence-corrected chi connectivity index (χ2v) is 5.99. The van der Waals surface area contributed by atoms with Crippen molar-refractivity contribution in [2.24, 2.45) is 0 Å². The number of ether oxygens (including phenoxy) is 2. The van der Waals surface area contributed by atoms with Crippen molar-refractivity contribution in [3.63, 3.8) is 0 Å². The lowest BCUT2D eigenvalue weighted by molar-refractivity contribution is -0.134. The highest BCUT2D eigenvalue weighted by Crippen LogP contribution is 2.18. The van der Waals surface area contributed by atoms with Gasteiger partial charge in [0.1, 0.15) is 5.60 Å². The van der Waals surface area contributed by atoms with Gasteiger partial charge in [0, 0.05) is 17.6 Å². The second-order valence-electron chi connectivity index (χ2n) is 5.56. The van der Waals surface area contributed by atoms with Crippen molar-refractivity contribution in [3.8, 4) is 0 Å². The van der Waals surface area contributed by atoms with Crippen LogP contribution in [0.2, 0.25) is 5.02 Å². The number of carbonyl (C=O) groups is 2. The highest BCUT2D eigenvalue weighted by Gasteiger charge is 2.16. The van der Waals surface area contributed by atoms with Gasteiger partial charge in [0.05, 0.1) is 7.11 Å². The smallest absolute Gasteiger partial charge is 0.407 e. The Labute approximate surface area is 135 Å². The lowest BCUT2D eigenvalue weighted by Gasteiger charge is -2.20. The number of benzene rings is 1. The lowest BCUT2D eigenvalue weighted by atomic mass is 10.1. The van der Waals surface area contributed by atoms with Crippen molar-refractivity contribution in [1.82, 2.24) is 5.32 Å². The maximum Gasteiger partial charge on any atom is 0.407 e. The van der Waals surface area contributed by atoms with Crippen LogP contribution in [0, 0.1) is 0 Å². The van der Waals surface area contributed by atoms with E-state index in [1.54, 1.807) is 45.0 Å². The van der Waals surface area contributed by atoms with Crippen molar-refractivity contribution >= 4 is 29.7 Å². The molecule has 0 aliphatic heterocycles. The minimum atomic E-state index is -0.558. The summed E-state index contributed by atoms with van der Waals surface area (Å²) in [6.07, 6.45) is 2.37. The molecule has 1 aromatic rings. The molecule has 0 spiro atoms. The van der Waals surface area contributed by atoms with Gasteiger partial charge in [0.25, 0.3) is 0 Å². The molecule has 0 aromatic heterocycles. The van der Waals surface area contributed by atoms with Gasteiger partial charge in [-0.15, -0.1) is 0 Å². The Balaban J connectivity index is 2.80. The molecule has 0 saturated heterocycles. The molecule has 1 rings (SSSR count). The van der Waals surface area contributed by atoms with Crippen molar-refractivity contribution in [2.45, 2.75) is 32.9 Å². The summed E-state index contributed by atoms with van der Waals surface area (Å²) < 4.78 is 9.72. The monoisotopic (exact) mass is 325 g/mol. The minimum absolute atomic E-state index is 0.257. The summed E-state index contributed by atoms with van der Waals surface area (Å²) >= 11 is 5.95. The maximum atomic E-state index is 11.7. The van der Waals surface area contributed by atoms with E-state index >= 15 is 0 Å². The summed E-state index contributed by atoms with van der Waals surface area (Å²) in [6, 6.07) is 5.19. The highest BCUT2D eigenvalue weighted by molar-refractivity contribution is 6.30. The Morgan fingerprint density at radius 3 is 2.59 bits per heavy atom. The third-order valence-electron chi connectivity index (χ3n) is 2.53. The summed E-state index contributed by atoms with van der Waals surface area (Å²) in [6.45, 7) is 5.63. The Bertz CT molecular complexity index is 576. The van der Waals surface area contributed by atoms with Crippen molar-refractivity contribution in [1.29, 1.82) is 0 Å². The normalized spacial score (nSPS) is 11.3. The van der Waals surface area contributed by atoms with Gasteiger partial charge >= 0.3 is 12.1 Å². The standard InChI is InChI=1S/C16H20ClNO4/c1-16(2,3)22-15(20)18-10-12-5-7-13(17)9-11(12)6-8-14(19)21-4/h5-9H,10H2,1-4H3,(H,18,20)/b8-6+. The number of esters is 1. The zero-order valence-electron chi connectivity index (χ0n) is 13.1. The largest absolute Gasteiger partial charge is 0.466 e. The van der Waals surface area contributed by atoms with Crippen LogP contribution in [0.15, 0.2) is 24.3 Å². The molecule has 0 fully saturated rings. The van der Waals surface area contributed by atoms with Gasteiger partial charge in [-0.05, 0) is 50.1 Å². The van der Waals surface area contributed by atoms with Crippen LogP contribution in [-0.2, 0) is 20.8 Å². The van der Waals surface area contributed by atoms with E-state index in [4.69, 9.17) is 16.3 Å². The molecule has 0 unspecified atom stereocenters. The summed E-state index contributed by atoms with van der Waals surface area (Å²) in [5.41, 5.74) is 0.960. The third kappa shape index (κ3) is 6.63. The average molecular weight is 326 g/mol. The topological polar surface area (TPSA) is 64.6 Å². The first-order chi connectivity index (χ1) is 10.2. The van der Waals surface area contributed by atoms with E-state index in [2.05, 4.69) is 10.1 Å². The fourth-order valence-electron chi connectivity index (χ4n) is 1.59. The maximum absolute atomic E-state index is 11.7. The molecule has 0 aliphatic carbocycles. The number of alkyl carbamates (subject to hydrolysis) is 1. The molecule has 0 radical (unpaired) electrons. The van der Waals surface area contributed by atoms with Gasteiger partial charge in [0.15, 0.2) is 0 Å². The first-order valence-electron chi connectivity index (χ1n) is 6.72. The van der Waals surface area contributed by atoms with E-state index in [0.29, 0.717) is 10.6 Å². The first kappa shape index (κ1) is 18.0. The molecule has 120 valence electrons. The summed E-state index contributed by atoms with van der Waals surface area (Å²) in [4.78, 5) is 22.8. The molecule has 6 heteroatoms. The molecule has 0 bridgehead atoms. The molecular weight excluding hydrogens is 306 g/mol. The quantitative estimate of drug-likeness (QED) is 0.679. The Morgan fingerprint density at radius 1 is 1.32 bits per heavy atom. The summed E-state index contributed by atoms with van der Waals surface area (Å²) in [5, 5.41) is 3.20. The van der Waals surface area contributed by atoms with Gasteiger partial charge in [0.2, 0.25) is 0 Å². The molecule has 0 heterocycles. The Morgan fingerprint density at radius 2 is 2.00 bits per heavy atom. The van der Waals surface area contributed by atoms with Crippen LogP contribution < -0.4 is 5.32 Å². The van der Waals surface area contributed by atoms with Crippen LogP contribution in [0.5, 0.6) is 0 Å². The van der Waals surface area contributed by atoms with Gasteiger partial charge in [-0.3, -0.25) is 0 Å². The molecule has 1 amide bonds. The molecule has 5 nitrogen and oxygen atoms in total. The summed E-state index contributed by atoms with van der Waals surface area (Å²) in [5.74, 6) is -0.467. The van der Waals surface area contributed by atoms with Crippen molar-refractivity contribution in [3.05, 3.63) is 40.4 Å². The summed E-state index contributed by atoms with van der Waals surface area (Å²) in [7, 11) is 1.30. The fourth-order valence-corrected chi connectivity index (χ4v) is 1.77. The SMILES string of the molecule is COC(=O)/C=C/c1cc(Cl)ccc1CNC(=O)OC(C)(C)C. The average Bonchev–Trinajstić information content (AvgIpc) is 2.41. The predicted molar refractivity (Wildman–Crippen MR) is 85.6 cm³/mol. The minimum Gasteiger partial charge on any atom is -0.466 e. The molecule has 22 heavy (non-hydrogen) atoms. The lowest BCUT2D eigenvalue weighted by Crippen LogP contribution is -2.32. The number of amides is 1. The predicted octanol–water partition coefficient (Wildman–Crippen LogP) is 3.55. The van der Waals surface area contributed by atoms with Crippen LogP contribution in [0.3, 0.4) is 0 Å². The van der Waals surface area contributed by atoms with E-state index < -0.39 is 17.7 Å². The van der Waals surface area contributed by atoms with Crippen LogP contribution in [0.1, 0.15) is 31.9 Å². The number of methoxy groups -OCH3 is 1. The molecular formula is C16H20ClNO4. The first-order valence-corrected chi connectivity index (χ1v) is 7.10. The van der Waals surface area contributed by atoms with Crippen LogP contribution in [-0.4, -0.2) is 24.8 Å². The zero-order chi connectivity index (χ0) is 16.8. The highest BCUT2D eigenvalue weighted by atomic mass is 35.5. The zero-order valence-corrected chi connectivity index (χ0v) is 13.9. The van der Waals surface area contributed by atoms with E-state index in [1.807, 2.05) is 0 Å². The van der Waals surface area contributed by atoms with Gasteiger partial charge in [-0.25, -0.2) is 9.59 Å². The van der Waals surface area contributed by atoms with Gasteiger partial charge < -0.3 is 14.8 Å². The second kappa shape index (κ2) is 7.84. The van der Waals surface area contributed by atoms with Crippen molar-refractivity contribution < 1.29 is 19.1 Å². The Kier molecular flexibility index (Phi) is 6.43. The number of hydrogen-bond acceptors (Lipinski definition) is 4. The molecule has 1 N–H and O–H groups in total. The third-order valence-corrected chi connectivity index (χ3v) is 2.77. The number of hydrogen-bond donors (Lipinski definition) is 1. The van der Waals surface area contributed by atoms with E-state index in [-0.39, 0.29) is 6.54 Å². The number of nitrogens with one attached hydrogen (secondary N) is 1. The number of halogens is 1. The van der Waals surface area contributed by atoms with Crippen LogP contribution in [0.25, 0.3) is 6.08 Å². The van der Waals surface area contributed by atoms with E-state index in [1.165, 1.54) is 13.2 Å². The van der Waals surface area contributed by atoms with Crippen molar-refractivity contribution in [2.75, 3.05) is 7.11 Å².